The Morgan fingerprint density at radius 3 is 3.25 bits per heavy atom. The van der Waals surface area contributed by atoms with Crippen LogP contribution in [0.2, 0.25) is 0 Å². The van der Waals surface area contributed by atoms with E-state index < -0.39 is 0 Å². The van der Waals surface area contributed by atoms with Gasteiger partial charge in [0, 0.05) is 19.2 Å². The zero-order valence-corrected chi connectivity index (χ0v) is 11.3. The van der Waals surface area contributed by atoms with Crippen LogP contribution in [0.15, 0.2) is 24.7 Å². The summed E-state index contributed by atoms with van der Waals surface area (Å²) in [4.78, 5) is 25.8. The molecular formula is C14H16N4O2. The highest BCUT2D eigenvalue weighted by atomic mass is 16.5. The van der Waals surface area contributed by atoms with Crippen molar-refractivity contribution < 1.29 is 9.53 Å². The van der Waals surface area contributed by atoms with Gasteiger partial charge in [-0.05, 0) is 19.1 Å². The van der Waals surface area contributed by atoms with Gasteiger partial charge in [0.05, 0.1) is 30.9 Å². The Kier molecular flexibility index (Phi) is 3.37. The lowest BCUT2D eigenvalue weighted by Crippen LogP contribution is -2.36. The molecule has 0 unspecified atom stereocenters. The van der Waals surface area contributed by atoms with Gasteiger partial charge in [-0.25, -0.2) is 9.97 Å². The Balaban J connectivity index is 1.83. The van der Waals surface area contributed by atoms with Gasteiger partial charge in [-0.2, -0.15) is 0 Å². The lowest BCUT2D eigenvalue weighted by atomic mass is 10.1. The van der Waals surface area contributed by atoms with Crippen LogP contribution in [0.4, 0.5) is 0 Å². The summed E-state index contributed by atoms with van der Waals surface area (Å²) in [5.74, 6) is 0.345. The van der Waals surface area contributed by atoms with Crippen molar-refractivity contribution in [3.63, 3.8) is 0 Å². The van der Waals surface area contributed by atoms with E-state index in [0.29, 0.717) is 31.1 Å². The Morgan fingerprint density at radius 2 is 2.40 bits per heavy atom. The van der Waals surface area contributed by atoms with Crippen molar-refractivity contribution in [2.45, 2.75) is 19.9 Å². The molecule has 2 aromatic rings. The quantitative estimate of drug-likeness (QED) is 0.917. The Labute approximate surface area is 116 Å². The molecule has 2 aromatic heterocycles. The predicted molar refractivity (Wildman–Crippen MR) is 72.4 cm³/mol. The lowest BCUT2D eigenvalue weighted by Gasteiger charge is -2.26. The number of aromatic nitrogens is 3. The fraction of sp³-hybridized carbons (Fsp3) is 0.357. The van der Waals surface area contributed by atoms with Gasteiger partial charge in [-0.15, -0.1) is 0 Å². The van der Waals surface area contributed by atoms with Crippen LogP contribution in [0.3, 0.4) is 0 Å². The summed E-state index contributed by atoms with van der Waals surface area (Å²) in [6.07, 6.45) is 4.08. The topological polar surface area (TPSA) is 71.1 Å². The summed E-state index contributed by atoms with van der Waals surface area (Å²) in [5.41, 5.74) is 2.56. The Morgan fingerprint density at radius 1 is 1.50 bits per heavy atom. The minimum Gasteiger partial charge on any atom is -0.477 e. The third kappa shape index (κ3) is 2.24. The van der Waals surface area contributed by atoms with Crippen molar-refractivity contribution >= 4 is 5.91 Å². The van der Waals surface area contributed by atoms with E-state index in [1.54, 1.807) is 29.6 Å². The maximum absolute atomic E-state index is 12.6. The van der Waals surface area contributed by atoms with Crippen LogP contribution >= 0.6 is 0 Å². The summed E-state index contributed by atoms with van der Waals surface area (Å²) in [5, 5.41) is 0. The number of hydrogen-bond acceptors (Lipinski definition) is 4. The van der Waals surface area contributed by atoms with Crippen molar-refractivity contribution in [2.75, 3.05) is 13.2 Å². The second-order valence-electron chi connectivity index (χ2n) is 4.59. The number of carbonyl (C=O) groups is 1. The van der Waals surface area contributed by atoms with E-state index in [1.165, 1.54) is 0 Å². The predicted octanol–water partition coefficient (Wildman–Crippen LogP) is 1.40. The van der Waals surface area contributed by atoms with Crippen LogP contribution in [0.1, 0.15) is 28.7 Å². The van der Waals surface area contributed by atoms with E-state index in [4.69, 9.17) is 4.74 Å². The molecule has 6 heteroatoms. The molecular weight excluding hydrogens is 256 g/mol. The molecule has 3 heterocycles. The SMILES string of the molecule is CCOc1ncccc1C(=O)N1CCc2nc[nH]c2C1. The molecule has 0 radical (unpaired) electrons. The smallest absolute Gasteiger partial charge is 0.259 e. The normalized spacial score (nSPS) is 13.9. The monoisotopic (exact) mass is 272 g/mol. The number of hydrogen-bond donors (Lipinski definition) is 1. The van der Waals surface area contributed by atoms with Crippen molar-refractivity contribution in [1.82, 2.24) is 19.9 Å². The number of nitrogens with one attached hydrogen (secondary N) is 1. The standard InChI is InChI=1S/C14H16N4O2/c1-2-20-13-10(4-3-6-15-13)14(19)18-7-5-11-12(8-18)17-9-16-11/h3-4,6,9H,2,5,7-8H2,1H3,(H,16,17). The van der Waals surface area contributed by atoms with E-state index in [1.807, 2.05) is 6.92 Å². The van der Waals surface area contributed by atoms with Crippen LogP contribution < -0.4 is 4.74 Å². The van der Waals surface area contributed by atoms with Crippen LogP contribution in [0, 0.1) is 0 Å². The van der Waals surface area contributed by atoms with Crippen LogP contribution in [0.5, 0.6) is 5.88 Å². The molecule has 0 spiro atoms. The average Bonchev–Trinajstić information content (AvgIpc) is 2.95. The summed E-state index contributed by atoms with van der Waals surface area (Å²) in [7, 11) is 0. The molecule has 0 bridgehead atoms. The first-order valence-corrected chi connectivity index (χ1v) is 6.67. The first-order valence-electron chi connectivity index (χ1n) is 6.67. The number of nitrogens with zero attached hydrogens (tertiary/aromatic N) is 3. The lowest BCUT2D eigenvalue weighted by molar-refractivity contribution is 0.0726. The first-order chi connectivity index (χ1) is 9.79. The summed E-state index contributed by atoms with van der Waals surface area (Å²) < 4.78 is 5.42. The maximum Gasteiger partial charge on any atom is 0.259 e. The highest BCUT2D eigenvalue weighted by Gasteiger charge is 2.25. The largest absolute Gasteiger partial charge is 0.477 e. The maximum atomic E-state index is 12.6. The summed E-state index contributed by atoms with van der Waals surface area (Å²) >= 11 is 0. The summed E-state index contributed by atoms with van der Waals surface area (Å²) in [6.45, 7) is 3.58. The Hall–Kier alpha value is -2.37. The minimum atomic E-state index is -0.0539. The van der Waals surface area contributed by atoms with Gasteiger partial charge in [0.2, 0.25) is 5.88 Å². The molecule has 0 saturated heterocycles. The van der Waals surface area contributed by atoms with E-state index in [0.717, 1.165) is 17.8 Å². The fourth-order valence-corrected chi connectivity index (χ4v) is 2.36. The zero-order valence-electron chi connectivity index (χ0n) is 11.3. The number of ether oxygens (including phenoxy) is 1. The number of imidazole rings is 1. The third-order valence-electron chi connectivity index (χ3n) is 3.34. The molecule has 1 N–H and O–H groups in total. The highest BCUT2D eigenvalue weighted by Crippen LogP contribution is 2.21. The van der Waals surface area contributed by atoms with Crippen molar-refractivity contribution in [3.8, 4) is 5.88 Å². The molecule has 1 aliphatic heterocycles. The number of aromatic amines is 1. The molecule has 0 aliphatic carbocycles. The van der Waals surface area contributed by atoms with Crippen molar-refractivity contribution in [2.24, 2.45) is 0 Å². The van der Waals surface area contributed by atoms with Gasteiger partial charge in [0.25, 0.3) is 5.91 Å². The van der Waals surface area contributed by atoms with Gasteiger partial charge in [-0.3, -0.25) is 4.79 Å². The molecule has 0 saturated carbocycles. The van der Waals surface area contributed by atoms with E-state index in [2.05, 4.69) is 15.0 Å². The number of fused-ring (bicyclic) bond motifs is 1. The first kappa shape index (κ1) is 12.7. The average molecular weight is 272 g/mol. The van der Waals surface area contributed by atoms with Gasteiger partial charge in [-0.1, -0.05) is 0 Å². The van der Waals surface area contributed by atoms with E-state index in [9.17, 15) is 4.79 Å². The fourth-order valence-electron chi connectivity index (χ4n) is 2.36. The molecule has 0 atom stereocenters. The van der Waals surface area contributed by atoms with E-state index >= 15 is 0 Å². The molecule has 0 fully saturated rings. The van der Waals surface area contributed by atoms with Crippen LogP contribution in [-0.2, 0) is 13.0 Å². The molecule has 0 aromatic carbocycles. The number of rotatable bonds is 3. The molecule has 1 amide bonds. The van der Waals surface area contributed by atoms with Gasteiger partial charge in [0.1, 0.15) is 5.56 Å². The number of carbonyl (C=O) groups excluding carboxylic acids is 1. The van der Waals surface area contributed by atoms with Crippen LogP contribution in [0.25, 0.3) is 0 Å². The van der Waals surface area contributed by atoms with Gasteiger partial charge >= 0.3 is 0 Å². The number of H-pyrrole nitrogens is 1. The van der Waals surface area contributed by atoms with Gasteiger partial charge in [0.15, 0.2) is 0 Å². The second-order valence-corrected chi connectivity index (χ2v) is 4.59. The van der Waals surface area contributed by atoms with Crippen LogP contribution in [-0.4, -0.2) is 38.9 Å². The molecule has 6 nitrogen and oxygen atoms in total. The molecule has 3 rings (SSSR count). The van der Waals surface area contributed by atoms with Crippen molar-refractivity contribution in [1.29, 1.82) is 0 Å². The number of amides is 1. The minimum absolute atomic E-state index is 0.0539. The molecule has 1 aliphatic rings. The van der Waals surface area contributed by atoms with Crippen molar-refractivity contribution in [3.05, 3.63) is 41.6 Å². The molecule has 20 heavy (non-hydrogen) atoms. The zero-order chi connectivity index (χ0) is 13.9. The van der Waals surface area contributed by atoms with E-state index in [-0.39, 0.29) is 5.91 Å². The number of pyridine rings is 1. The Bertz CT molecular complexity index is 623. The second kappa shape index (κ2) is 5.32. The third-order valence-corrected chi connectivity index (χ3v) is 3.34. The van der Waals surface area contributed by atoms with Gasteiger partial charge < -0.3 is 14.6 Å². The molecule has 104 valence electrons. The highest BCUT2D eigenvalue weighted by molar-refractivity contribution is 5.96. The summed E-state index contributed by atoms with van der Waals surface area (Å²) in [6, 6.07) is 3.50.